The number of likely N-dealkylation sites (tertiary alicyclic amines) is 1. The third-order valence-electron chi connectivity index (χ3n) is 4.92. The Morgan fingerprint density at radius 3 is 2.70 bits per heavy atom. The van der Waals surface area contributed by atoms with Crippen LogP contribution in [0.25, 0.3) is 0 Å². The van der Waals surface area contributed by atoms with E-state index in [2.05, 4.69) is 5.32 Å². The van der Waals surface area contributed by atoms with E-state index in [1.165, 1.54) is 12.8 Å². The molecule has 0 radical (unpaired) electrons. The Hall–Kier alpha value is -1.10. The Labute approximate surface area is 139 Å². The summed E-state index contributed by atoms with van der Waals surface area (Å²) >= 11 is 0. The molecule has 5 heteroatoms. The number of carbonyl (C=O) groups excluding carboxylic acids is 2. The number of aliphatic hydroxyl groups is 1. The van der Waals surface area contributed by atoms with Crippen LogP contribution in [0.15, 0.2) is 0 Å². The quantitative estimate of drug-likeness (QED) is 0.638. The number of amides is 2. The fourth-order valence-corrected chi connectivity index (χ4v) is 3.18. The van der Waals surface area contributed by atoms with Crippen molar-refractivity contribution < 1.29 is 14.7 Å². The molecule has 2 unspecified atom stereocenters. The van der Waals surface area contributed by atoms with E-state index < -0.39 is 0 Å². The van der Waals surface area contributed by atoms with Crippen molar-refractivity contribution in [1.82, 2.24) is 10.2 Å². The SMILES string of the molecule is CC(O)CCCCCC(=O)N1CCCC(C(=O)NCC2CC2)C1. The van der Waals surface area contributed by atoms with Gasteiger partial charge in [0, 0.05) is 26.1 Å². The first-order valence-electron chi connectivity index (χ1n) is 9.30. The summed E-state index contributed by atoms with van der Waals surface area (Å²) in [7, 11) is 0. The molecule has 0 aromatic carbocycles. The summed E-state index contributed by atoms with van der Waals surface area (Å²) < 4.78 is 0. The van der Waals surface area contributed by atoms with Crippen LogP contribution in [0.2, 0.25) is 0 Å². The Balaban J connectivity index is 1.63. The van der Waals surface area contributed by atoms with Crippen LogP contribution in [0.5, 0.6) is 0 Å². The topological polar surface area (TPSA) is 69.6 Å². The molecule has 132 valence electrons. The Morgan fingerprint density at radius 2 is 2.00 bits per heavy atom. The van der Waals surface area contributed by atoms with Crippen molar-refractivity contribution >= 4 is 11.8 Å². The molecule has 2 N–H and O–H groups in total. The molecule has 1 aliphatic heterocycles. The molecule has 2 atom stereocenters. The van der Waals surface area contributed by atoms with Crippen LogP contribution in [0.4, 0.5) is 0 Å². The lowest BCUT2D eigenvalue weighted by Crippen LogP contribution is -2.45. The zero-order valence-electron chi connectivity index (χ0n) is 14.4. The van der Waals surface area contributed by atoms with Crippen LogP contribution < -0.4 is 5.32 Å². The fourth-order valence-electron chi connectivity index (χ4n) is 3.18. The Morgan fingerprint density at radius 1 is 1.22 bits per heavy atom. The summed E-state index contributed by atoms with van der Waals surface area (Å²) in [4.78, 5) is 26.3. The minimum absolute atomic E-state index is 0.0262. The van der Waals surface area contributed by atoms with Crippen LogP contribution >= 0.6 is 0 Å². The third-order valence-corrected chi connectivity index (χ3v) is 4.92. The number of aliphatic hydroxyl groups excluding tert-OH is 1. The highest BCUT2D eigenvalue weighted by Crippen LogP contribution is 2.28. The van der Waals surface area contributed by atoms with Gasteiger partial charge in [0.15, 0.2) is 0 Å². The summed E-state index contributed by atoms with van der Waals surface area (Å²) in [5.74, 6) is 0.983. The molecule has 1 heterocycles. The standard InChI is InChI=1S/C18H32N2O3/c1-14(21)6-3-2-4-8-17(22)20-11-5-7-16(13-20)18(23)19-12-15-9-10-15/h14-16,21H,2-13H2,1H3,(H,19,23). The maximum Gasteiger partial charge on any atom is 0.224 e. The van der Waals surface area contributed by atoms with Crippen molar-refractivity contribution in [3.63, 3.8) is 0 Å². The number of hydrogen-bond donors (Lipinski definition) is 2. The average Bonchev–Trinajstić information content (AvgIpc) is 3.36. The zero-order chi connectivity index (χ0) is 16.7. The maximum absolute atomic E-state index is 12.3. The molecule has 1 saturated heterocycles. The second kappa shape index (κ2) is 9.26. The minimum Gasteiger partial charge on any atom is -0.393 e. The minimum atomic E-state index is -0.247. The number of piperidine rings is 1. The summed E-state index contributed by atoms with van der Waals surface area (Å²) in [5, 5.41) is 12.3. The maximum atomic E-state index is 12.3. The monoisotopic (exact) mass is 324 g/mol. The lowest BCUT2D eigenvalue weighted by molar-refractivity contribution is -0.135. The molecule has 5 nitrogen and oxygen atoms in total. The highest BCUT2D eigenvalue weighted by Gasteiger charge is 2.29. The molecule has 0 aromatic heterocycles. The van der Waals surface area contributed by atoms with E-state index in [0.717, 1.165) is 51.6 Å². The number of hydrogen-bond acceptors (Lipinski definition) is 3. The van der Waals surface area contributed by atoms with Gasteiger partial charge in [0.05, 0.1) is 12.0 Å². The predicted molar refractivity (Wildman–Crippen MR) is 89.8 cm³/mol. The Bertz CT molecular complexity index is 394. The molecular formula is C18H32N2O3. The fraction of sp³-hybridized carbons (Fsp3) is 0.889. The number of nitrogens with one attached hydrogen (secondary N) is 1. The average molecular weight is 324 g/mol. The van der Waals surface area contributed by atoms with E-state index in [1.807, 2.05) is 4.90 Å². The van der Waals surface area contributed by atoms with Crippen molar-refractivity contribution in [2.75, 3.05) is 19.6 Å². The second-order valence-electron chi connectivity index (χ2n) is 7.32. The van der Waals surface area contributed by atoms with Crippen LogP contribution in [-0.4, -0.2) is 47.6 Å². The van der Waals surface area contributed by atoms with Gasteiger partial charge < -0.3 is 15.3 Å². The van der Waals surface area contributed by atoms with E-state index in [-0.39, 0.29) is 23.8 Å². The van der Waals surface area contributed by atoms with Gasteiger partial charge in [-0.05, 0) is 51.4 Å². The molecule has 1 saturated carbocycles. The van der Waals surface area contributed by atoms with Gasteiger partial charge in [-0.25, -0.2) is 0 Å². The molecule has 1 aliphatic carbocycles. The highest BCUT2D eigenvalue weighted by molar-refractivity contribution is 5.81. The van der Waals surface area contributed by atoms with Gasteiger partial charge in [0.1, 0.15) is 0 Å². The van der Waals surface area contributed by atoms with Gasteiger partial charge in [-0.3, -0.25) is 9.59 Å². The normalized spacial score (nSPS) is 22.7. The van der Waals surface area contributed by atoms with Gasteiger partial charge in [0.2, 0.25) is 11.8 Å². The largest absolute Gasteiger partial charge is 0.393 e. The molecule has 2 fully saturated rings. The zero-order valence-corrected chi connectivity index (χ0v) is 14.4. The van der Waals surface area contributed by atoms with Crippen LogP contribution in [0, 0.1) is 11.8 Å². The van der Waals surface area contributed by atoms with Gasteiger partial charge in [-0.15, -0.1) is 0 Å². The second-order valence-corrected chi connectivity index (χ2v) is 7.32. The lowest BCUT2D eigenvalue weighted by atomic mass is 9.96. The van der Waals surface area contributed by atoms with Gasteiger partial charge in [-0.1, -0.05) is 12.8 Å². The number of carbonyl (C=O) groups is 2. The summed E-state index contributed by atoms with van der Waals surface area (Å²) in [6.45, 7) is 3.99. The van der Waals surface area contributed by atoms with Crippen molar-refractivity contribution in [3.8, 4) is 0 Å². The van der Waals surface area contributed by atoms with Crippen LogP contribution in [-0.2, 0) is 9.59 Å². The van der Waals surface area contributed by atoms with Crippen molar-refractivity contribution in [2.24, 2.45) is 11.8 Å². The van der Waals surface area contributed by atoms with Crippen LogP contribution in [0.1, 0.15) is 64.7 Å². The Kier molecular flexibility index (Phi) is 7.34. The van der Waals surface area contributed by atoms with Crippen molar-refractivity contribution in [2.45, 2.75) is 70.8 Å². The number of nitrogens with zero attached hydrogens (tertiary/aromatic N) is 1. The van der Waals surface area contributed by atoms with Gasteiger partial charge in [0.25, 0.3) is 0 Å². The van der Waals surface area contributed by atoms with E-state index >= 15 is 0 Å². The van der Waals surface area contributed by atoms with E-state index in [1.54, 1.807) is 6.92 Å². The van der Waals surface area contributed by atoms with Gasteiger partial charge >= 0.3 is 0 Å². The first-order chi connectivity index (χ1) is 11.1. The summed E-state index contributed by atoms with van der Waals surface area (Å²) in [6.07, 6.45) is 8.26. The third kappa shape index (κ3) is 6.90. The smallest absolute Gasteiger partial charge is 0.224 e. The predicted octanol–water partition coefficient (Wildman–Crippen LogP) is 2.08. The van der Waals surface area contributed by atoms with Crippen molar-refractivity contribution in [3.05, 3.63) is 0 Å². The van der Waals surface area contributed by atoms with E-state index in [0.29, 0.717) is 18.9 Å². The van der Waals surface area contributed by atoms with E-state index in [4.69, 9.17) is 0 Å². The molecular weight excluding hydrogens is 292 g/mol. The molecule has 2 rings (SSSR count). The summed E-state index contributed by atoms with van der Waals surface area (Å²) in [6, 6.07) is 0. The number of unbranched alkanes of at least 4 members (excludes halogenated alkanes) is 2. The molecule has 2 amide bonds. The summed E-state index contributed by atoms with van der Waals surface area (Å²) in [5.41, 5.74) is 0. The first-order valence-corrected chi connectivity index (χ1v) is 9.30. The molecule has 0 spiro atoms. The first kappa shape index (κ1) is 18.2. The van der Waals surface area contributed by atoms with E-state index in [9.17, 15) is 14.7 Å². The van der Waals surface area contributed by atoms with Gasteiger partial charge in [-0.2, -0.15) is 0 Å². The molecule has 0 bridgehead atoms. The van der Waals surface area contributed by atoms with Crippen molar-refractivity contribution in [1.29, 1.82) is 0 Å². The lowest BCUT2D eigenvalue weighted by Gasteiger charge is -2.32. The molecule has 2 aliphatic rings. The molecule has 23 heavy (non-hydrogen) atoms. The number of rotatable bonds is 9. The molecule has 0 aromatic rings. The highest BCUT2D eigenvalue weighted by atomic mass is 16.3. The van der Waals surface area contributed by atoms with Crippen LogP contribution in [0.3, 0.4) is 0 Å².